The maximum Gasteiger partial charge on any atom is 0.416 e. The smallest absolute Gasteiger partial charge is 0.416 e. The van der Waals surface area contributed by atoms with Crippen molar-refractivity contribution in [3.05, 3.63) is 59.1 Å². The maximum absolute atomic E-state index is 12.9. The second kappa shape index (κ2) is 9.88. The highest BCUT2D eigenvalue weighted by atomic mass is 35.5. The zero-order valence-electron chi connectivity index (χ0n) is 17.9. The fourth-order valence-electron chi connectivity index (χ4n) is 3.02. The lowest BCUT2D eigenvalue weighted by Crippen LogP contribution is -2.17. The van der Waals surface area contributed by atoms with Gasteiger partial charge in [-0.25, -0.2) is 4.68 Å². The lowest BCUT2D eigenvalue weighted by molar-refractivity contribution is -0.137. The number of carbonyl (C=O) groups excluding carboxylic acids is 1. The Morgan fingerprint density at radius 3 is 2.63 bits per heavy atom. The number of anilines is 1. The van der Waals surface area contributed by atoms with E-state index in [1.165, 1.54) is 4.68 Å². The minimum absolute atomic E-state index is 0.0208. The van der Waals surface area contributed by atoms with E-state index in [9.17, 15) is 18.0 Å². The average molecular weight is 524 g/mol. The van der Waals surface area contributed by atoms with Crippen LogP contribution in [0.5, 0.6) is 5.75 Å². The van der Waals surface area contributed by atoms with E-state index in [1.54, 1.807) is 13.2 Å². The summed E-state index contributed by atoms with van der Waals surface area (Å²) in [5.41, 5.74) is 0.918. The Balaban J connectivity index is 1.42. The molecule has 9 nitrogen and oxygen atoms in total. The van der Waals surface area contributed by atoms with Crippen LogP contribution in [0.2, 0.25) is 5.02 Å². The van der Waals surface area contributed by atoms with Gasteiger partial charge in [-0.15, -0.1) is 10.2 Å². The quantitative estimate of drug-likeness (QED) is 0.241. The Labute approximate surface area is 205 Å². The van der Waals surface area contributed by atoms with Gasteiger partial charge in [0, 0.05) is 5.56 Å². The lowest BCUT2D eigenvalue weighted by Gasteiger charge is -2.11. The molecule has 182 valence electrons. The molecule has 2 aromatic heterocycles. The molecule has 0 aliphatic carbocycles. The number of nitrogens with zero attached hydrogens (tertiary/aromatic N) is 4. The monoisotopic (exact) mass is 523 g/mol. The van der Waals surface area contributed by atoms with Gasteiger partial charge in [-0.3, -0.25) is 9.89 Å². The SMILES string of the molecule is COc1ccc(-c2cc(-c3nnc(SCC(=O)Nc4cc(C(F)(F)F)ccc4Cl)n3N)[nH]n2)cc1. The number of hydrogen-bond acceptors (Lipinski definition) is 7. The Bertz CT molecular complexity index is 1360. The molecule has 2 heterocycles. The number of rotatable bonds is 7. The first-order chi connectivity index (χ1) is 16.7. The van der Waals surface area contributed by atoms with Crippen LogP contribution in [0, 0.1) is 0 Å². The van der Waals surface area contributed by atoms with Gasteiger partial charge in [0.1, 0.15) is 11.4 Å². The molecule has 0 saturated carbocycles. The zero-order valence-corrected chi connectivity index (χ0v) is 19.5. The van der Waals surface area contributed by atoms with Gasteiger partial charge in [-0.2, -0.15) is 18.3 Å². The number of aromatic nitrogens is 5. The fourth-order valence-corrected chi connectivity index (χ4v) is 3.84. The molecule has 0 bridgehead atoms. The van der Waals surface area contributed by atoms with Gasteiger partial charge in [0.15, 0.2) is 0 Å². The molecular formula is C21H17ClF3N7O2S. The van der Waals surface area contributed by atoms with Crippen molar-refractivity contribution in [2.45, 2.75) is 11.3 Å². The minimum Gasteiger partial charge on any atom is -0.497 e. The van der Waals surface area contributed by atoms with Crippen LogP contribution in [0.1, 0.15) is 5.56 Å². The number of thioether (sulfide) groups is 1. The molecule has 4 aromatic rings. The molecule has 0 radical (unpaired) electrons. The van der Waals surface area contributed by atoms with Gasteiger partial charge in [-0.1, -0.05) is 23.4 Å². The van der Waals surface area contributed by atoms with E-state index in [2.05, 4.69) is 25.7 Å². The number of alkyl halides is 3. The minimum atomic E-state index is -4.56. The third-order valence-electron chi connectivity index (χ3n) is 4.77. The molecule has 0 atom stereocenters. The molecular weight excluding hydrogens is 507 g/mol. The van der Waals surface area contributed by atoms with Crippen molar-refractivity contribution < 1.29 is 22.7 Å². The first-order valence-electron chi connectivity index (χ1n) is 9.86. The number of hydrogen-bond donors (Lipinski definition) is 3. The van der Waals surface area contributed by atoms with Gasteiger partial charge in [0.05, 0.1) is 34.8 Å². The van der Waals surface area contributed by atoms with E-state index in [0.29, 0.717) is 17.1 Å². The number of nitrogens with two attached hydrogens (primary N) is 1. The standard InChI is InChI=1S/C21H17ClF3N7O2S/c1-34-13-5-2-11(3-6-13)15-9-17(29-28-15)19-30-31-20(32(19)26)35-10-18(33)27-16-8-12(21(23,24)25)4-7-14(16)22/h2-9H,10,26H2,1H3,(H,27,33)(H,28,29). The molecule has 0 saturated heterocycles. The number of halogens is 4. The average Bonchev–Trinajstić information content (AvgIpc) is 3.45. The van der Waals surface area contributed by atoms with E-state index >= 15 is 0 Å². The van der Waals surface area contributed by atoms with Crippen molar-refractivity contribution in [3.8, 4) is 28.5 Å². The van der Waals surface area contributed by atoms with Crippen molar-refractivity contribution in [3.63, 3.8) is 0 Å². The number of ether oxygens (including phenoxy) is 1. The summed E-state index contributed by atoms with van der Waals surface area (Å²) in [5.74, 6) is 6.29. The van der Waals surface area contributed by atoms with E-state index in [4.69, 9.17) is 22.2 Å². The molecule has 4 N–H and O–H groups in total. The normalized spacial score (nSPS) is 11.5. The number of carbonyl (C=O) groups is 1. The number of benzene rings is 2. The lowest BCUT2D eigenvalue weighted by atomic mass is 10.1. The molecule has 35 heavy (non-hydrogen) atoms. The largest absolute Gasteiger partial charge is 0.497 e. The molecule has 0 aliphatic heterocycles. The highest BCUT2D eigenvalue weighted by Gasteiger charge is 2.31. The van der Waals surface area contributed by atoms with Gasteiger partial charge < -0.3 is 15.9 Å². The van der Waals surface area contributed by atoms with Gasteiger partial charge in [0.2, 0.25) is 16.9 Å². The Kier molecular flexibility index (Phi) is 6.89. The summed E-state index contributed by atoms with van der Waals surface area (Å²) in [7, 11) is 1.58. The molecule has 2 aromatic carbocycles. The summed E-state index contributed by atoms with van der Waals surface area (Å²) in [5, 5.41) is 17.7. The first-order valence-corrected chi connectivity index (χ1v) is 11.2. The third kappa shape index (κ3) is 5.52. The van der Waals surface area contributed by atoms with Gasteiger partial charge >= 0.3 is 6.18 Å². The van der Waals surface area contributed by atoms with Crippen molar-refractivity contribution in [1.82, 2.24) is 25.1 Å². The van der Waals surface area contributed by atoms with E-state index < -0.39 is 17.6 Å². The van der Waals surface area contributed by atoms with Crippen LogP contribution in [0.15, 0.2) is 53.7 Å². The highest BCUT2D eigenvalue weighted by Crippen LogP contribution is 2.34. The molecule has 1 amide bonds. The van der Waals surface area contributed by atoms with Crippen LogP contribution < -0.4 is 15.9 Å². The maximum atomic E-state index is 12.9. The molecule has 0 fully saturated rings. The third-order valence-corrected chi connectivity index (χ3v) is 6.04. The topological polar surface area (TPSA) is 124 Å². The summed E-state index contributed by atoms with van der Waals surface area (Å²) < 4.78 is 45.1. The second-order valence-electron chi connectivity index (χ2n) is 7.10. The van der Waals surface area contributed by atoms with Crippen LogP contribution in [0.3, 0.4) is 0 Å². The number of nitrogen functional groups attached to an aromatic ring is 1. The van der Waals surface area contributed by atoms with E-state index in [-0.39, 0.29) is 27.4 Å². The van der Waals surface area contributed by atoms with Crippen molar-refractivity contribution in [2.24, 2.45) is 0 Å². The summed E-state index contributed by atoms with van der Waals surface area (Å²) in [6.07, 6.45) is -4.56. The molecule has 0 aliphatic rings. The summed E-state index contributed by atoms with van der Waals surface area (Å²) in [4.78, 5) is 12.3. The number of methoxy groups -OCH3 is 1. The van der Waals surface area contributed by atoms with Crippen molar-refractivity contribution in [1.29, 1.82) is 0 Å². The number of aromatic amines is 1. The summed E-state index contributed by atoms with van der Waals surface area (Å²) >= 11 is 6.87. The van der Waals surface area contributed by atoms with Crippen LogP contribution in [-0.4, -0.2) is 43.8 Å². The zero-order chi connectivity index (χ0) is 25.2. The van der Waals surface area contributed by atoms with Crippen LogP contribution in [0.25, 0.3) is 22.8 Å². The van der Waals surface area contributed by atoms with Gasteiger partial charge in [0.25, 0.3) is 0 Å². The Morgan fingerprint density at radius 2 is 1.94 bits per heavy atom. The highest BCUT2D eigenvalue weighted by molar-refractivity contribution is 7.99. The molecule has 0 spiro atoms. The Hall–Kier alpha value is -3.71. The Morgan fingerprint density at radius 1 is 1.20 bits per heavy atom. The van der Waals surface area contributed by atoms with Gasteiger partial charge in [-0.05, 0) is 48.5 Å². The predicted molar refractivity (Wildman–Crippen MR) is 126 cm³/mol. The molecule has 14 heteroatoms. The molecule has 0 unspecified atom stereocenters. The predicted octanol–water partition coefficient (Wildman–Crippen LogP) is 4.46. The van der Waals surface area contributed by atoms with E-state index in [0.717, 1.165) is 35.5 Å². The summed E-state index contributed by atoms with van der Waals surface area (Å²) in [6, 6.07) is 11.7. The van der Waals surface area contributed by atoms with Crippen molar-refractivity contribution >= 4 is 35.0 Å². The number of nitrogens with one attached hydrogen (secondary N) is 2. The fraction of sp³-hybridized carbons (Fsp3) is 0.143. The summed E-state index contributed by atoms with van der Waals surface area (Å²) in [6.45, 7) is 0. The van der Waals surface area contributed by atoms with Crippen LogP contribution in [-0.2, 0) is 11.0 Å². The van der Waals surface area contributed by atoms with Crippen LogP contribution >= 0.6 is 23.4 Å². The molecule has 4 rings (SSSR count). The van der Waals surface area contributed by atoms with Crippen LogP contribution in [0.4, 0.5) is 18.9 Å². The first kappa shape index (κ1) is 24.4. The number of amides is 1. The van der Waals surface area contributed by atoms with Crippen molar-refractivity contribution in [2.75, 3.05) is 24.0 Å². The van der Waals surface area contributed by atoms with E-state index in [1.807, 2.05) is 24.3 Å². The second-order valence-corrected chi connectivity index (χ2v) is 8.45. The number of H-pyrrole nitrogens is 1.